The van der Waals surface area contributed by atoms with Crippen molar-refractivity contribution in [1.82, 2.24) is 9.97 Å². The van der Waals surface area contributed by atoms with Crippen molar-refractivity contribution in [2.75, 3.05) is 5.32 Å². The molecule has 1 N–H and O–H groups in total. The van der Waals surface area contributed by atoms with E-state index in [1.165, 1.54) is 12.1 Å². The topological polar surface area (TPSA) is 70.8 Å². The summed E-state index contributed by atoms with van der Waals surface area (Å²) in [6, 6.07) is 17.0. The maximum atomic E-state index is 13.3. The summed E-state index contributed by atoms with van der Waals surface area (Å²) >= 11 is 0. The van der Waals surface area contributed by atoms with Gasteiger partial charge in [-0.25, -0.2) is 4.98 Å². The molecule has 0 atom stereocenters. The van der Waals surface area contributed by atoms with Crippen molar-refractivity contribution in [3.63, 3.8) is 0 Å². The minimum absolute atomic E-state index is 0.112. The second kappa shape index (κ2) is 7.74. The summed E-state index contributed by atoms with van der Waals surface area (Å²) in [4.78, 5) is 7.50. The Balaban J connectivity index is 1.90. The first kappa shape index (κ1) is 18.2. The number of para-hydroxylation sites is 1. The Kier molecular flexibility index (Phi) is 5.22. The molecule has 0 amide bonds. The molecule has 0 aliphatic rings. The van der Waals surface area contributed by atoms with E-state index in [2.05, 4.69) is 15.3 Å². The number of nitrogens with zero attached hydrogens (tertiary/aromatic N) is 3. The molecule has 8 heteroatoms. The maximum absolute atomic E-state index is 13.3. The zero-order valence-electron chi connectivity index (χ0n) is 13.9. The molecule has 0 fully saturated rings. The van der Waals surface area contributed by atoms with Gasteiger partial charge in [-0.1, -0.05) is 42.5 Å². The van der Waals surface area contributed by atoms with Gasteiger partial charge in [0.15, 0.2) is 0 Å². The predicted molar refractivity (Wildman–Crippen MR) is 92.2 cm³/mol. The Labute approximate surface area is 153 Å². The number of hydrogen-bond donors (Lipinski definition) is 1. The average Bonchev–Trinajstić information content (AvgIpc) is 2.67. The van der Waals surface area contributed by atoms with E-state index in [9.17, 15) is 13.2 Å². The maximum Gasteiger partial charge on any atom is 0.421 e. The van der Waals surface area contributed by atoms with Crippen LogP contribution < -0.4 is 10.1 Å². The standard InChI is InChI=1S/C19H13F3N4O/c20-19(21,22)15-11-24-18(27-12-13-6-2-1-3-7-13)26-17(15)25-16-9-5-4-8-14(16)10-23/h1-9,11H,12H2,(H,24,25,26). The molecule has 0 saturated carbocycles. The van der Waals surface area contributed by atoms with Crippen LogP contribution in [0.3, 0.4) is 0 Å². The first-order chi connectivity index (χ1) is 13.0. The van der Waals surface area contributed by atoms with Crippen LogP contribution in [0.25, 0.3) is 0 Å². The number of nitriles is 1. The monoisotopic (exact) mass is 370 g/mol. The summed E-state index contributed by atoms with van der Waals surface area (Å²) in [6.07, 6.45) is -4.01. The van der Waals surface area contributed by atoms with Crippen molar-refractivity contribution in [3.8, 4) is 12.1 Å². The van der Waals surface area contributed by atoms with E-state index in [0.29, 0.717) is 6.20 Å². The van der Waals surface area contributed by atoms with Crippen LogP contribution in [0.2, 0.25) is 0 Å². The summed E-state index contributed by atoms with van der Waals surface area (Å²) < 4.78 is 45.3. The molecule has 0 radical (unpaired) electrons. The Morgan fingerprint density at radius 3 is 2.44 bits per heavy atom. The molecule has 1 aromatic heterocycles. The third-order valence-corrected chi connectivity index (χ3v) is 3.58. The average molecular weight is 370 g/mol. The van der Waals surface area contributed by atoms with Gasteiger partial charge in [0.05, 0.1) is 11.3 Å². The van der Waals surface area contributed by atoms with Gasteiger partial charge in [-0.15, -0.1) is 0 Å². The Morgan fingerprint density at radius 2 is 1.74 bits per heavy atom. The van der Waals surface area contributed by atoms with Crippen LogP contribution in [0.5, 0.6) is 6.01 Å². The predicted octanol–water partition coefficient (Wildman–Crippen LogP) is 4.69. The molecule has 136 valence electrons. The molecular formula is C19H13F3N4O. The van der Waals surface area contributed by atoms with Crippen LogP contribution in [0.4, 0.5) is 24.7 Å². The van der Waals surface area contributed by atoms with Crippen LogP contribution in [0, 0.1) is 11.3 Å². The second-order valence-corrected chi connectivity index (χ2v) is 5.47. The van der Waals surface area contributed by atoms with E-state index in [1.54, 1.807) is 12.1 Å². The molecule has 0 unspecified atom stereocenters. The third-order valence-electron chi connectivity index (χ3n) is 3.58. The lowest BCUT2D eigenvalue weighted by Crippen LogP contribution is -2.13. The highest BCUT2D eigenvalue weighted by molar-refractivity contribution is 5.66. The van der Waals surface area contributed by atoms with Crippen molar-refractivity contribution in [1.29, 1.82) is 5.26 Å². The van der Waals surface area contributed by atoms with E-state index in [0.717, 1.165) is 5.56 Å². The molecule has 0 spiro atoms. The first-order valence-electron chi connectivity index (χ1n) is 7.84. The summed E-state index contributed by atoms with van der Waals surface area (Å²) in [5.74, 6) is -0.483. The van der Waals surface area contributed by atoms with Crippen molar-refractivity contribution in [3.05, 3.63) is 77.5 Å². The molecule has 0 saturated heterocycles. The fraction of sp³-hybridized carbons (Fsp3) is 0.105. The number of rotatable bonds is 5. The smallest absolute Gasteiger partial charge is 0.421 e. The fourth-order valence-electron chi connectivity index (χ4n) is 2.28. The minimum Gasteiger partial charge on any atom is -0.459 e. The highest BCUT2D eigenvalue weighted by Crippen LogP contribution is 2.35. The summed E-state index contributed by atoms with van der Waals surface area (Å²) in [6.45, 7) is 0.112. The zero-order valence-corrected chi connectivity index (χ0v) is 13.9. The SMILES string of the molecule is N#Cc1ccccc1Nc1nc(OCc2ccccc2)ncc1C(F)(F)F. The number of hydrogen-bond acceptors (Lipinski definition) is 5. The van der Waals surface area contributed by atoms with E-state index in [-0.39, 0.29) is 23.9 Å². The summed E-state index contributed by atoms with van der Waals surface area (Å²) in [5, 5.41) is 11.7. The van der Waals surface area contributed by atoms with E-state index in [1.807, 2.05) is 36.4 Å². The summed E-state index contributed by atoms with van der Waals surface area (Å²) in [5.41, 5.74) is 0.168. The van der Waals surface area contributed by atoms with Crippen LogP contribution in [0.15, 0.2) is 60.8 Å². The number of aromatic nitrogens is 2. The van der Waals surface area contributed by atoms with E-state index < -0.39 is 17.6 Å². The molecule has 0 bridgehead atoms. The number of alkyl halides is 3. The normalized spacial score (nSPS) is 10.9. The molecule has 0 aliphatic heterocycles. The zero-order chi connectivity index (χ0) is 19.3. The van der Waals surface area contributed by atoms with Crippen LogP contribution in [-0.2, 0) is 12.8 Å². The lowest BCUT2D eigenvalue weighted by Gasteiger charge is -2.15. The van der Waals surface area contributed by atoms with Crippen LogP contribution >= 0.6 is 0 Å². The number of anilines is 2. The highest BCUT2D eigenvalue weighted by atomic mass is 19.4. The Bertz CT molecular complexity index is 969. The lowest BCUT2D eigenvalue weighted by atomic mass is 10.2. The Morgan fingerprint density at radius 1 is 1.04 bits per heavy atom. The lowest BCUT2D eigenvalue weighted by molar-refractivity contribution is -0.137. The minimum atomic E-state index is -4.66. The molecule has 3 rings (SSSR count). The molecule has 27 heavy (non-hydrogen) atoms. The quantitative estimate of drug-likeness (QED) is 0.706. The number of nitrogens with one attached hydrogen (secondary N) is 1. The van der Waals surface area contributed by atoms with Gasteiger partial charge in [-0.05, 0) is 17.7 Å². The van der Waals surface area contributed by atoms with Gasteiger partial charge in [-0.3, -0.25) is 0 Å². The van der Waals surface area contributed by atoms with Gasteiger partial charge >= 0.3 is 12.2 Å². The van der Waals surface area contributed by atoms with Crippen molar-refractivity contribution in [2.24, 2.45) is 0 Å². The molecular weight excluding hydrogens is 357 g/mol. The van der Waals surface area contributed by atoms with Gasteiger partial charge < -0.3 is 10.1 Å². The third kappa shape index (κ3) is 4.52. The number of benzene rings is 2. The highest BCUT2D eigenvalue weighted by Gasteiger charge is 2.35. The first-order valence-corrected chi connectivity index (χ1v) is 7.84. The van der Waals surface area contributed by atoms with E-state index >= 15 is 0 Å². The van der Waals surface area contributed by atoms with Gasteiger partial charge in [-0.2, -0.15) is 23.4 Å². The van der Waals surface area contributed by atoms with Crippen molar-refractivity contribution in [2.45, 2.75) is 12.8 Å². The van der Waals surface area contributed by atoms with Gasteiger partial charge in [0.25, 0.3) is 0 Å². The van der Waals surface area contributed by atoms with Gasteiger partial charge in [0.1, 0.15) is 24.1 Å². The van der Waals surface area contributed by atoms with Crippen LogP contribution in [0.1, 0.15) is 16.7 Å². The largest absolute Gasteiger partial charge is 0.459 e. The molecule has 3 aromatic rings. The van der Waals surface area contributed by atoms with Crippen molar-refractivity contribution >= 4 is 11.5 Å². The fourth-order valence-corrected chi connectivity index (χ4v) is 2.28. The molecule has 0 aliphatic carbocycles. The van der Waals surface area contributed by atoms with Gasteiger partial charge in [0, 0.05) is 6.20 Å². The second-order valence-electron chi connectivity index (χ2n) is 5.47. The Hall–Kier alpha value is -3.60. The van der Waals surface area contributed by atoms with E-state index in [4.69, 9.17) is 10.00 Å². The number of halogens is 3. The summed E-state index contributed by atoms with van der Waals surface area (Å²) in [7, 11) is 0. The molecule has 1 heterocycles. The molecule has 2 aromatic carbocycles. The van der Waals surface area contributed by atoms with Gasteiger partial charge in [0.2, 0.25) is 0 Å². The number of ether oxygens (including phenoxy) is 1. The van der Waals surface area contributed by atoms with Crippen molar-refractivity contribution < 1.29 is 17.9 Å². The van der Waals surface area contributed by atoms with Crippen LogP contribution in [-0.4, -0.2) is 9.97 Å². The molecule has 5 nitrogen and oxygen atoms in total.